The second kappa shape index (κ2) is 7.08. The summed E-state index contributed by atoms with van der Waals surface area (Å²) in [5, 5.41) is 0. The van der Waals surface area contributed by atoms with E-state index in [1.54, 1.807) is 0 Å². The normalized spacial score (nSPS) is 14.2. The second-order valence-corrected chi connectivity index (χ2v) is 6.15. The topological polar surface area (TPSA) is 29.3 Å². The molecule has 0 aromatic carbocycles. The maximum absolute atomic E-state index is 5.86. The zero-order valence-electron chi connectivity index (χ0n) is 11.8. The molecule has 2 N–H and O–H groups in total. The Kier molecular flexibility index (Phi) is 6.93. The lowest BCUT2D eigenvalue weighted by atomic mass is 9.84. The Bertz CT molecular complexity index is 203. The van der Waals surface area contributed by atoms with Crippen LogP contribution in [-0.2, 0) is 0 Å². The van der Waals surface area contributed by atoms with Gasteiger partial charge in [0.15, 0.2) is 0 Å². The van der Waals surface area contributed by atoms with E-state index in [4.69, 9.17) is 5.73 Å². The SMILES string of the molecule is C=C(C)CN(CC)CC(CN)CC(C)(C)C. The van der Waals surface area contributed by atoms with Crippen LogP contribution in [0.3, 0.4) is 0 Å². The Morgan fingerprint density at radius 1 is 1.38 bits per heavy atom. The van der Waals surface area contributed by atoms with Crippen LogP contribution in [0.1, 0.15) is 41.0 Å². The Labute approximate surface area is 102 Å². The molecule has 0 radical (unpaired) electrons. The van der Waals surface area contributed by atoms with Gasteiger partial charge in [0, 0.05) is 13.1 Å². The van der Waals surface area contributed by atoms with Crippen molar-refractivity contribution in [2.24, 2.45) is 17.1 Å². The van der Waals surface area contributed by atoms with E-state index in [0.717, 1.165) is 26.2 Å². The molecular weight excluding hydrogens is 196 g/mol. The van der Waals surface area contributed by atoms with E-state index >= 15 is 0 Å². The minimum absolute atomic E-state index is 0.368. The molecule has 0 aliphatic heterocycles. The van der Waals surface area contributed by atoms with Gasteiger partial charge in [0.25, 0.3) is 0 Å². The van der Waals surface area contributed by atoms with Crippen molar-refractivity contribution >= 4 is 0 Å². The molecule has 0 spiro atoms. The number of likely N-dealkylation sites (N-methyl/N-ethyl adjacent to an activating group) is 1. The van der Waals surface area contributed by atoms with E-state index in [1.807, 2.05) is 0 Å². The predicted molar refractivity (Wildman–Crippen MR) is 73.5 cm³/mol. The maximum atomic E-state index is 5.86. The summed E-state index contributed by atoms with van der Waals surface area (Å²) in [6.45, 7) is 19.1. The molecule has 0 saturated carbocycles. The highest BCUT2D eigenvalue weighted by Gasteiger charge is 2.19. The van der Waals surface area contributed by atoms with Gasteiger partial charge in [0.1, 0.15) is 0 Å². The molecule has 16 heavy (non-hydrogen) atoms. The fraction of sp³-hybridized carbons (Fsp3) is 0.857. The van der Waals surface area contributed by atoms with Crippen molar-refractivity contribution in [2.75, 3.05) is 26.2 Å². The first kappa shape index (κ1) is 15.7. The summed E-state index contributed by atoms with van der Waals surface area (Å²) in [7, 11) is 0. The van der Waals surface area contributed by atoms with Gasteiger partial charge < -0.3 is 5.73 Å². The van der Waals surface area contributed by atoms with Crippen LogP contribution in [0.5, 0.6) is 0 Å². The van der Waals surface area contributed by atoms with E-state index in [0.29, 0.717) is 11.3 Å². The third-order valence-electron chi connectivity index (χ3n) is 2.69. The summed E-state index contributed by atoms with van der Waals surface area (Å²) in [5.74, 6) is 0.597. The fourth-order valence-corrected chi connectivity index (χ4v) is 2.14. The maximum Gasteiger partial charge on any atom is 0.0187 e. The highest BCUT2D eigenvalue weighted by molar-refractivity contribution is 4.92. The summed E-state index contributed by atoms with van der Waals surface area (Å²) in [5.41, 5.74) is 7.46. The van der Waals surface area contributed by atoms with Gasteiger partial charge in [-0.15, -0.1) is 0 Å². The second-order valence-electron chi connectivity index (χ2n) is 6.15. The lowest BCUT2D eigenvalue weighted by Crippen LogP contribution is -2.35. The smallest absolute Gasteiger partial charge is 0.0187 e. The molecule has 0 aromatic rings. The molecule has 0 amide bonds. The zero-order chi connectivity index (χ0) is 12.8. The minimum Gasteiger partial charge on any atom is -0.330 e. The van der Waals surface area contributed by atoms with Crippen molar-refractivity contribution in [3.05, 3.63) is 12.2 Å². The van der Waals surface area contributed by atoms with Gasteiger partial charge in [-0.1, -0.05) is 39.8 Å². The first-order valence-corrected chi connectivity index (χ1v) is 6.35. The Balaban J connectivity index is 4.22. The molecule has 1 atom stereocenters. The van der Waals surface area contributed by atoms with Crippen molar-refractivity contribution < 1.29 is 0 Å². The van der Waals surface area contributed by atoms with Crippen LogP contribution in [0.25, 0.3) is 0 Å². The standard InChI is InChI=1S/C14H30N2/c1-7-16(10-12(2)3)11-13(9-15)8-14(4,5)6/h13H,2,7-11,15H2,1,3-6H3. The third kappa shape index (κ3) is 7.89. The molecule has 2 nitrogen and oxygen atoms in total. The van der Waals surface area contributed by atoms with Crippen molar-refractivity contribution in [3.63, 3.8) is 0 Å². The molecule has 0 fully saturated rings. The molecule has 96 valence electrons. The molecule has 0 saturated heterocycles. The Morgan fingerprint density at radius 3 is 2.25 bits per heavy atom. The zero-order valence-corrected chi connectivity index (χ0v) is 11.8. The number of hydrogen-bond donors (Lipinski definition) is 1. The van der Waals surface area contributed by atoms with E-state index in [-0.39, 0.29) is 0 Å². The van der Waals surface area contributed by atoms with Crippen LogP contribution >= 0.6 is 0 Å². The summed E-state index contributed by atoms with van der Waals surface area (Å²) >= 11 is 0. The van der Waals surface area contributed by atoms with Crippen LogP contribution in [0.15, 0.2) is 12.2 Å². The van der Waals surface area contributed by atoms with Gasteiger partial charge >= 0.3 is 0 Å². The molecule has 0 rings (SSSR count). The predicted octanol–water partition coefficient (Wildman–Crippen LogP) is 2.90. The molecule has 0 aromatic heterocycles. The molecule has 1 unspecified atom stereocenters. The molecule has 0 heterocycles. The highest BCUT2D eigenvalue weighted by atomic mass is 15.1. The van der Waals surface area contributed by atoms with Crippen LogP contribution in [0, 0.1) is 11.3 Å². The lowest BCUT2D eigenvalue weighted by molar-refractivity contribution is 0.211. The first-order chi connectivity index (χ1) is 7.28. The van der Waals surface area contributed by atoms with E-state index in [2.05, 4.69) is 46.1 Å². The van der Waals surface area contributed by atoms with Gasteiger partial charge in [-0.2, -0.15) is 0 Å². The fourth-order valence-electron chi connectivity index (χ4n) is 2.14. The average molecular weight is 226 g/mol. The van der Waals surface area contributed by atoms with Gasteiger partial charge in [-0.25, -0.2) is 0 Å². The van der Waals surface area contributed by atoms with Crippen molar-refractivity contribution in [2.45, 2.75) is 41.0 Å². The lowest BCUT2D eigenvalue weighted by Gasteiger charge is -2.30. The van der Waals surface area contributed by atoms with Crippen molar-refractivity contribution in [1.29, 1.82) is 0 Å². The third-order valence-corrected chi connectivity index (χ3v) is 2.69. The van der Waals surface area contributed by atoms with E-state index < -0.39 is 0 Å². The Morgan fingerprint density at radius 2 is 1.94 bits per heavy atom. The number of rotatable bonds is 7. The number of nitrogens with two attached hydrogens (primary N) is 1. The number of nitrogens with zero attached hydrogens (tertiary/aromatic N) is 1. The molecule has 0 bridgehead atoms. The summed E-state index contributed by atoms with van der Waals surface area (Å²) in [6.07, 6.45) is 1.19. The minimum atomic E-state index is 0.368. The summed E-state index contributed by atoms with van der Waals surface area (Å²) < 4.78 is 0. The Hall–Kier alpha value is -0.340. The monoisotopic (exact) mass is 226 g/mol. The van der Waals surface area contributed by atoms with Crippen LogP contribution in [-0.4, -0.2) is 31.1 Å². The van der Waals surface area contributed by atoms with Crippen LogP contribution in [0.4, 0.5) is 0 Å². The van der Waals surface area contributed by atoms with Crippen molar-refractivity contribution in [1.82, 2.24) is 4.90 Å². The van der Waals surface area contributed by atoms with Crippen LogP contribution in [0.2, 0.25) is 0 Å². The van der Waals surface area contributed by atoms with Gasteiger partial charge in [-0.05, 0) is 37.8 Å². The van der Waals surface area contributed by atoms with Gasteiger partial charge in [-0.3, -0.25) is 4.90 Å². The summed E-state index contributed by atoms with van der Waals surface area (Å²) in [6, 6.07) is 0. The molecule has 2 heteroatoms. The average Bonchev–Trinajstić information content (AvgIpc) is 2.12. The summed E-state index contributed by atoms with van der Waals surface area (Å²) in [4.78, 5) is 2.44. The number of hydrogen-bond acceptors (Lipinski definition) is 2. The van der Waals surface area contributed by atoms with E-state index in [1.165, 1.54) is 12.0 Å². The molecule has 0 aliphatic rings. The van der Waals surface area contributed by atoms with E-state index in [9.17, 15) is 0 Å². The largest absolute Gasteiger partial charge is 0.330 e. The molecular formula is C14H30N2. The van der Waals surface area contributed by atoms with Gasteiger partial charge in [0.2, 0.25) is 0 Å². The molecule has 0 aliphatic carbocycles. The van der Waals surface area contributed by atoms with Crippen LogP contribution < -0.4 is 5.73 Å². The van der Waals surface area contributed by atoms with Crippen molar-refractivity contribution in [3.8, 4) is 0 Å². The first-order valence-electron chi connectivity index (χ1n) is 6.35. The quantitative estimate of drug-likeness (QED) is 0.676. The highest BCUT2D eigenvalue weighted by Crippen LogP contribution is 2.24. The van der Waals surface area contributed by atoms with Gasteiger partial charge in [0.05, 0.1) is 0 Å².